The van der Waals surface area contributed by atoms with Crippen LogP contribution in [0.5, 0.6) is 5.75 Å². The van der Waals surface area contributed by atoms with E-state index in [9.17, 15) is 13.2 Å². The van der Waals surface area contributed by atoms with Gasteiger partial charge in [0.2, 0.25) is 0 Å². The summed E-state index contributed by atoms with van der Waals surface area (Å²) in [5.74, 6) is 0.387. The Kier molecular flexibility index (Phi) is 6.62. The van der Waals surface area contributed by atoms with Crippen LogP contribution < -0.4 is 14.4 Å². The first-order valence-corrected chi connectivity index (χ1v) is 12.7. The Labute approximate surface area is 196 Å². The molecule has 0 radical (unpaired) electrons. The molecule has 1 N–H and O–H groups in total. The molecule has 0 spiro atoms. The predicted molar refractivity (Wildman–Crippen MR) is 132 cm³/mol. The number of rotatable bonds is 8. The summed E-state index contributed by atoms with van der Waals surface area (Å²) >= 11 is 1.35. The van der Waals surface area contributed by atoms with E-state index in [1.807, 2.05) is 31.2 Å². The second-order valence-electron chi connectivity index (χ2n) is 7.07. The van der Waals surface area contributed by atoms with E-state index in [0.717, 1.165) is 16.0 Å². The Morgan fingerprint density at radius 2 is 1.76 bits per heavy atom. The van der Waals surface area contributed by atoms with Crippen molar-refractivity contribution in [3.05, 3.63) is 78.4 Å². The van der Waals surface area contributed by atoms with Crippen LogP contribution in [-0.4, -0.2) is 32.5 Å². The van der Waals surface area contributed by atoms with Gasteiger partial charge < -0.3 is 4.74 Å². The molecule has 0 bridgehead atoms. The lowest BCUT2D eigenvalue weighted by Crippen LogP contribution is -2.30. The average Bonchev–Trinajstić information content (AvgIpc) is 3.22. The van der Waals surface area contributed by atoms with Crippen LogP contribution in [0, 0.1) is 0 Å². The summed E-state index contributed by atoms with van der Waals surface area (Å²) in [5.41, 5.74) is 1.69. The lowest BCUT2D eigenvalue weighted by molar-refractivity contribution is 0.102. The third-order valence-electron chi connectivity index (χ3n) is 4.93. The SMILES string of the molecule is CCOc1ccc2nc(NC(=O)c3ccc(S(=O)(=O)N(CC)c4ccccc4)cc3)sc2c1. The van der Waals surface area contributed by atoms with Gasteiger partial charge in [0.25, 0.3) is 15.9 Å². The van der Waals surface area contributed by atoms with Crippen LogP contribution >= 0.6 is 11.3 Å². The molecule has 0 aliphatic rings. The number of amides is 1. The number of anilines is 2. The summed E-state index contributed by atoms with van der Waals surface area (Å²) in [7, 11) is -3.75. The maximum Gasteiger partial charge on any atom is 0.264 e. The van der Waals surface area contributed by atoms with Gasteiger partial charge in [-0.1, -0.05) is 29.5 Å². The highest BCUT2D eigenvalue weighted by molar-refractivity contribution is 7.92. The number of carbonyl (C=O) groups is 1. The zero-order valence-electron chi connectivity index (χ0n) is 18.2. The largest absolute Gasteiger partial charge is 0.494 e. The van der Waals surface area contributed by atoms with Gasteiger partial charge in [0.05, 0.1) is 27.4 Å². The zero-order valence-corrected chi connectivity index (χ0v) is 19.8. The number of hydrogen-bond acceptors (Lipinski definition) is 6. The minimum Gasteiger partial charge on any atom is -0.494 e. The summed E-state index contributed by atoms with van der Waals surface area (Å²) in [4.78, 5) is 17.3. The quantitative estimate of drug-likeness (QED) is 0.375. The van der Waals surface area contributed by atoms with Gasteiger partial charge in [0.1, 0.15) is 5.75 Å². The van der Waals surface area contributed by atoms with Crippen molar-refractivity contribution in [2.45, 2.75) is 18.7 Å². The molecule has 0 fully saturated rings. The topological polar surface area (TPSA) is 88.6 Å². The van der Waals surface area contributed by atoms with Crippen LogP contribution in [-0.2, 0) is 10.0 Å². The molecular formula is C24H23N3O4S2. The van der Waals surface area contributed by atoms with E-state index in [-0.39, 0.29) is 17.3 Å². The van der Waals surface area contributed by atoms with Gasteiger partial charge in [-0.05, 0) is 68.4 Å². The smallest absolute Gasteiger partial charge is 0.264 e. The Balaban J connectivity index is 1.52. The van der Waals surface area contributed by atoms with Crippen molar-refractivity contribution >= 4 is 48.3 Å². The van der Waals surface area contributed by atoms with Crippen molar-refractivity contribution < 1.29 is 17.9 Å². The standard InChI is InChI=1S/C24H23N3O4S2/c1-3-27(18-8-6-5-7-9-18)33(29,30)20-13-10-17(11-14-20)23(28)26-24-25-21-15-12-19(31-4-2)16-22(21)32-24/h5-16H,3-4H2,1-2H3,(H,25,26,28). The Hall–Kier alpha value is -3.43. The summed E-state index contributed by atoms with van der Waals surface area (Å²) < 4.78 is 34.0. The fourth-order valence-electron chi connectivity index (χ4n) is 3.38. The molecule has 1 amide bonds. The summed E-state index contributed by atoms with van der Waals surface area (Å²) in [6, 6.07) is 20.4. The molecule has 1 aromatic heterocycles. The van der Waals surface area contributed by atoms with E-state index in [4.69, 9.17) is 4.74 Å². The van der Waals surface area contributed by atoms with Crippen LogP contribution in [0.3, 0.4) is 0 Å². The van der Waals surface area contributed by atoms with E-state index in [1.54, 1.807) is 31.2 Å². The molecule has 7 nitrogen and oxygen atoms in total. The minimum absolute atomic E-state index is 0.119. The molecule has 33 heavy (non-hydrogen) atoms. The number of thiazole rings is 1. The number of aromatic nitrogens is 1. The molecule has 4 aromatic rings. The fourth-order valence-corrected chi connectivity index (χ4v) is 5.74. The van der Waals surface area contributed by atoms with Crippen LogP contribution in [0.2, 0.25) is 0 Å². The monoisotopic (exact) mass is 481 g/mol. The molecule has 1 heterocycles. The van der Waals surface area contributed by atoms with Crippen molar-refractivity contribution in [1.82, 2.24) is 4.98 Å². The molecule has 0 saturated heterocycles. The van der Waals surface area contributed by atoms with Gasteiger partial charge in [-0.2, -0.15) is 0 Å². The van der Waals surface area contributed by atoms with Crippen molar-refractivity contribution in [1.29, 1.82) is 0 Å². The maximum atomic E-state index is 13.1. The molecule has 4 rings (SSSR count). The van der Waals surface area contributed by atoms with E-state index in [1.165, 1.54) is 39.9 Å². The van der Waals surface area contributed by atoms with Gasteiger partial charge in [0.15, 0.2) is 5.13 Å². The summed E-state index contributed by atoms with van der Waals surface area (Å²) in [5, 5.41) is 3.24. The third-order valence-corrected chi connectivity index (χ3v) is 7.78. The van der Waals surface area contributed by atoms with E-state index in [0.29, 0.717) is 23.0 Å². The van der Waals surface area contributed by atoms with Crippen molar-refractivity contribution in [2.24, 2.45) is 0 Å². The van der Waals surface area contributed by atoms with Gasteiger partial charge in [-0.3, -0.25) is 14.4 Å². The van der Waals surface area contributed by atoms with E-state index < -0.39 is 10.0 Å². The van der Waals surface area contributed by atoms with Crippen LogP contribution in [0.4, 0.5) is 10.8 Å². The number of benzene rings is 3. The Bertz CT molecular complexity index is 1370. The number of fused-ring (bicyclic) bond motifs is 1. The number of nitrogens with one attached hydrogen (secondary N) is 1. The van der Waals surface area contributed by atoms with Crippen molar-refractivity contribution in [3.8, 4) is 5.75 Å². The van der Waals surface area contributed by atoms with Crippen molar-refractivity contribution in [2.75, 3.05) is 22.8 Å². The van der Waals surface area contributed by atoms with Gasteiger partial charge in [-0.15, -0.1) is 0 Å². The predicted octanol–water partition coefficient (Wildman–Crippen LogP) is 5.16. The summed E-state index contributed by atoms with van der Waals surface area (Å²) in [6.07, 6.45) is 0. The first kappa shape index (κ1) is 22.8. The van der Waals surface area contributed by atoms with E-state index >= 15 is 0 Å². The maximum absolute atomic E-state index is 13.1. The first-order chi connectivity index (χ1) is 15.9. The lowest BCUT2D eigenvalue weighted by Gasteiger charge is -2.22. The Morgan fingerprint density at radius 1 is 1.03 bits per heavy atom. The highest BCUT2D eigenvalue weighted by Crippen LogP contribution is 2.30. The Morgan fingerprint density at radius 3 is 2.42 bits per heavy atom. The van der Waals surface area contributed by atoms with Crippen LogP contribution in [0.15, 0.2) is 77.7 Å². The normalized spacial score (nSPS) is 11.3. The second-order valence-corrected chi connectivity index (χ2v) is 9.96. The molecule has 0 saturated carbocycles. The number of ether oxygens (including phenoxy) is 1. The number of carbonyl (C=O) groups excluding carboxylic acids is 1. The lowest BCUT2D eigenvalue weighted by atomic mass is 10.2. The van der Waals surface area contributed by atoms with Crippen LogP contribution in [0.25, 0.3) is 10.2 Å². The molecule has 170 valence electrons. The highest BCUT2D eigenvalue weighted by Gasteiger charge is 2.23. The van der Waals surface area contributed by atoms with Gasteiger partial charge in [-0.25, -0.2) is 13.4 Å². The number of sulfonamides is 1. The molecule has 9 heteroatoms. The number of para-hydroxylation sites is 1. The molecule has 3 aromatic carbocycles. The minimum atomic E-state index is -3.75. The molecular weight excluding hydrogens is 458 g/mol. The van der Waals surface area contributed by atoms with Crippen molar-refractivity contribution in [3.63, 3.8) is 0 Å². The third kappa shape index (κ3) is 4.84. The summed E-state index contributed by atoms with van der Waals surface area (Å²) in [6.45, 7) is 4.56. The van der Waals surface area contributed by atoms with Crippen LogP contribution in [0.1, 0.15) is 24.2 Å². The molecule has 0 aliphatic carbocycles. The van der Waals surface area contributed by atoms with Gasteiger partial charge in [0, 0.05) is 12.1 Å². The zero-order chi connectivity index (χ0) is 23.4. The van der Waals surface area contributed by atoms with E-state index in [2.05, 4.69) is 10.3 Å². The molecule has 0 aliphatic heterocycles. The molecule has 0 unspecified atom stereocenters. The number of nitrogens with zero attached hydrogens (tertiary/aromatic N) is 2. The van der Waals surface area contributed by atoms with Gasteiger partial charge >= 0.3 is 0 Å². The second kappa shape index (κ2) is 9.60. The average molecular weight is 482 g/mol. The highest BCUT2D eigenvalue weighted by atomic mass is 32.2. The fraction of sp³-hybridized carbons (Fsp3) is 0.167. The molecule has 0 atom stereocenters. The first-order valence-electron chi connectivity index (χ1n) is 10.4. The number of hydrogen-bond donors (Lipinski definition) is 1.